The first kappa shape index (κ1) is 23.2. The Labute approximate surface area is 191 Å². The highest BCUT2D eigenvalue weighted by molar-refractivity contribution is 5.84. The molecule has 0 atom stereocenters. The van der Waals surface area contributed by atoms with Gasteiger partial charge < -0.3 is 4.74 Å². The molecule has 0 unspecified atom stereocenters. The summed E-state index contributed by atoms with van der Waals surface area (Å²) in [4.78, 5) is 0. The minimum atomic E-state index is -1.58. The van der Waals surface area contributed by atoms with Crippen LogP contribution in [0, 0.1) is 46.7 Å². The van der Waals surface area contributed by atoms with E-state index < -0.39 is 40.5 Å². The van der Waals surface area contributed by atoms with Crippen LogP contribution in [-0.4, -0.2) is 7.11 Å². The van der Waals surface area contributed by atoms with E-state index in [9.17, 15) is 26.3 Å². The van der Waals surface area contributed by atoms with Crippen LogP contribution in [0.3, 0.4) is 0 Å². The maximum Gasteiger partial charge on any atom is 0.195 e. The Bertz CT molecular complexity index is 1440. The molecule has 0 heterocycles. The Balaban J connectivity index is 1.56. The number of ether oxygens (including phenoxy) is 1. The quantitative estimate of drug-likeness (QED) is 0.180. The number of rotatable bonds is 4. The van der Waals surface area contributed by atoms with Gasteiger partial charge in [0.25, 0.3) is 0 Å². The predicted molar refractivity (Wildman–Crippen MR) is 117 cm³/mol. The third kappa shape index (κ3) is 4.72. The van der Waals surface area contributed by atoms with Crippen molar-refractivity contribution in [1.29, 1.82) is 0 Å². The highest BCUT2D eigenvalue weighted by Gasteiger charge is 2.14. The van der Waals surface area contributed by atoms with E-state index in [1.807, 2.05) is 0 Å². The second kappa shape index (κ2) is 9.52. The second-order valence-electron chi connectivity index (χ2n) is 7.56. The van der Waals surface area contributed by atoms with Crippen molar-refractivity contribution in [3.05, 3.63) is 112 Å². The van der Waals surface area contributed by atoms with E-state index in [0.29, 0.717) is 16.9 Å². The van der Waals surface area contributed by atoms with Crippen LogP contribution in [0.1, 0.15) is 22.3 Å². The first-order chi connectivity index (χ1) is 16.3. The molecule has 0 radical (unpaired) electrons. The average molecular weight is 470 g/mol. The van der Waals surface area contributed by atoms with E-state index in [0.717, 1.165) is 18.2 Å². The fourth-order valence-corrected chi connectivity index (χ4v) is 3.54. The highest BCUT2D eigenvalue weighted by atomic mass is 19.2. The molecular weight excluding hydrogens is 454 g/mol. The van der Waals surface area contributed by atoms with Crippen LogP contribution in [0.4, 0.5) is 26.3 Å². The molecule has 0 fully saturated rings. The summed E-state index contributed by atoms with van der Waals surface area (Å²) in [6, 6.07) is 11.3. The molecule has 4 aromatic carbocycles. The maximum absolute atomic E-state index is 14.5. The summed E-state index contributed by atoms with van der Waals surface area (Å²) in [6.07, 6.45) is 0.424. The molecule has 0 amide bonds. The van der Waals surface area contributed by atoms with E-state index in [4.69, 9.17) is 4.74 Å². The topological polar surface area (TPSA) is 9.23 Å². The lowest BCUT2D eigenvalue weighted by Crippen LogP contribution is -1.99. The largest absolute Gasteiger partial charge is 0.497 e. The molecule has 4 aromatic rings. The van der Waals surface area contributed by atoms with Crippen molar-refractivity contribution in [1.82, 2.24) is 0 Å². The Hall–Kier alpha value is -3.92. The van der Waals surface area contributed by atoms with Crippen LogP contribution in [0.5, 0.6) is 5.75 Å². The van der Waals surface area contributed by atoms with Gasteiger partial charge in [-0.1, -0.05) is 24.0 Å². The normalized spacial score (nSPS) is 10.8. The van der Waals surface area contributed by atoms with Crippen molar-refractivity contribution in [2.75, 3.05) is 7.11 Å². The van der Waals surface area contributed by atoms with E-state index >= 15 is 0 Å². The Morgan fingerprint density at radius 3 is 2.09 bits per heavy atom. The number of hydrogen-bond donors (Lipinski definition) is 0. The van der Waals surface area contributed by atoms with Crippen molar-refractivity contribution in [2.24, 2.45) is 0 Å². The number of aryl methyl sites for hydroxylation is 2. The predicted octanol–water partition coefficient (Wildman–Crippen LogP) is 6.87. The van der Waals surface area contributed by atoms with Gasteiger partial charge >= 0.3 is 0 Å². The van der Waals surface area contributed by atoms with Crippen molar-refractivity contribution >= 4 is 10.8 Å². The van der Waals surface area contributed by atoms with Crippen LogP contribution >= 0.6 is 0 Å². The number of halogens is 6. The van der Waals surface area contributed by atoms with Gasteiger partial charge in [0.05, 0.1) is 12.7 Å². The summed E-state index contributed by atoms with van der Waals surface area (Å²) in [5, 5.41) is -0.0790. The van der Waals surface area contributed by atoms with Crippen molar-refractivity contribution in [3.8, 4) is 17.6 Å². The number of fused-ring (bicyclic) bond motifs is 1. The molecule has 7 heteroatoms. The standard InChI is InChI=1S/C27H16F6O/c1-34-19-7-6-17(22(28)14-19)5-2-16-11-23(29)21(24(30)12-16)9-4-15-3-8-20-18(10-15)13-25(31)27(33)26(20)32/h3,6-8,10-14H,2,5H2,1H3. The van der Waals surface area contributed by atoms with Crippen LogP contribution in [-0.2, 0) is 12.8 Å². The van der Waals surface area contributed by atoms with Crippen molar-refractivity contribution in [3.63, 3.8) is 0 Å². The molecule has 1 nitrogen and oxygen atoms in total. The van der Waals surface area contributed by atoms with Gasteiger partial charge in [0, 0.05) is 17.0 Å². The lowest BCUT2D eigenvalue weighted by molar-refractivity contribution is 0.410. The molecule has 4 rings (SSSR count). The molecule has 34 heavy (non-hydrogen) atoms. The van der Waals surface area contributed by atoms with Crippen LogP contribution < -0.4 is 4.74 Å². The van der Waals surface area contributed by atoms with Crippen molar-refractivity contribution in [2.45, 2.75) is 12.8 Å². The van der Waals surface area contributed by atoms with Gasteiger partial charge in [-0.2, -0.15) is 0 Å². The monoisotopic (exact) mass is 470 g/mol. The zero-order chi connectivity index (χ0) is 24.4. The lowest BCUT2D eigenvalue weighted by Gasteiger charge is -2.07. The van der Waals surface area contributed by atoms with Crippen LogP contribution in [0.15, 0.2) is 54.6 Å². The van der Waals surface area contributed by atoms with Crippen LogP contribution in [0.2, 0.25) is 0 Å². The molecule has 0 saturated heterocycles. The average Bonchev–Trinajstić information content (AvgIpc) is 2.81. The fraction of sp³-hybridized carbons (Fsp3) is 0.111. The molecule has 0 saturated carbocycles. The summed E-state index contributed by atoms with van der Waals surface area (Å²) in [7, 11) is 1.42. The summed E-state index contributed by atoms with van der Waals surface area (Å²) in [5.74, 6) is -1.19. The molecular formula is C27H16F6O. The number of benzene rings is 4. The van der Waals surface area contributed by atoms with Crippen LogP contribution in [0.25, 0.3) is 10.8 Å². The van der Waals surface area contributed by atoms with E-state index in [1.54, 1.807) is 12.1 Å². The van der Waals surface area contributed by atoms with Gasteiger partial charge in [0.1, 0.15) is 23.2 Å². The summed E-state index contributed by atoms with van der Waals surface area (Å²) < 4.78 is 88.8. The fourth-order valence-electron chi connectivity index (χ4n) is 3.54. The summed E-state index contributed by atoms with van der Waals surface area (Å²) >= 11 is 0. The zero-order valence-corrected chi connectivity index (χ0v) is 17.8. The molecule has 0 spiro atoms. The molecule has 172 valence electrons. The smallest absolute Gasteiger partial charge is 0.195 e. The Morgan fingerprint density at radius 2 is 1.41 bits per heavy atom. The minimum Gasteiger partial charge on any atom is -0.497 e. The summed E-state index contributed by atoms with van der Waals surface area (Å²) in [6.45, 7) is 0. The SMILES string of the molecule is COc1ccc(CCc2cc(F)c(C#Cc3ccc4c(F)c(F)c(F)cc4c3)c(F)c2)c(F)c1. The number of hydrogen-bond acceptors (Lipinski definition) is 1. The van der Waals surface area contributed by atoms with Gasteiger partial charge in [-0.15, -0.1) is 0 Å². The van der Waals surface area contributed by atoms with Crippen molar-refractivity contribution < 1.29 is 31.1 Å². The molecule has 0 aromatic heterocycles. The lowest BCUT2D eigenvalue weighted by atomic mass is 10.0. The highest BCUT2D eigenvalue weighted by Crippen LogP contribution is 2.24. The van der Waals surface area contributed by atoms with E-state index in [1.165, 1.54) is 31.4 Å². The molecule has 0 bridgehead atoms. The van der Waals surface area contributed by atoms with Gasteiger partial charge in [0.2, 0.25) is 0 Å². The Morgan fingerprint density at radius 1 is 0.676 bits per heavy atom. The van der Waals surface area contributed by atoms with Gasteiger partial charge in [-0.3, -0.25) is 0 Å². The minimum absolute atomic E-state index is 0.0604. The molecule has 0 aliphatic rings. The number of methoxy groups -OCH3 is 1. The van der Waals surface area contributed by atoms with Gasteiger partial charge in [0.15, 0.2) is 17.5 Å². The molecule has 0 N–H and O–H groups in total. The Kier molecular flexibility index (Phi) is 6.51. The van der Waals surface area contributed by atoms with Gasteiger partial charge in [-0.05, 0) is 65.8 Å². The molecule has 0 aliphatic carbocycles. The maximum atomic E-state index is 14.5. The van der Waals surface area contributed by atoms with E-state index in [-0.39, 0.29) is 29.2 Å². The summed E-state index contributed by atoms with van der Waals surface area (Å²) in [5.41, 5.74) is 0.468. The first-order valence-corrected chi connectivity index (χ1v) is 10.2. The zero-order valence-electron chi connectivity index (χ0n) is 17.8. The van der Waals surface area contributed by atoms with Gasteiger partial charge in [-0.25, -0.2) is 26.3 Å². The molecule has 0 aliphatic heterocycles. The third-order valence-electron chi connectivity index (χ3n) is 5.35. The van der Waals surface area contributed by atoms with E-state index in [2.05, 4.69) is 11.8 Å². The second-order valence-corrected chi connectivity index (χ2v) is 7.56. The first-order valence-electron chi connectivity index (χ1n) is 10.2. The third-order valence-corrected chi connectivity index (χ3v) is 5.35.